The Morgan fingerprint density at radius 1 is 1.35 bits per heavy atom. The van der Waals surface area contributed by atoms with Crippen molar-refractivity contribution in [3.8, 4) is 0 Å². The van der Waals surface area contributed by atoms with Crippen molar-refractivity contribution in [1.29, 1.82) is 0 Å². The fourth-order valence-electron chi connectivity index (χ4n) is 1.97. The van der Waals surface area contributed by atoms with E-state index < -0.39 is 0 Å². The molecular weight excluding hydrogens is 281 g/mol. The normalized spacial score (nSPS) is 13.1. The van der Waals surface area contributed by atoms with Gasteiger partial charge in [-0.05, 0) is 43.0 Å². The van der Waals surface area contributed by atoms with Crippen LogP contribution in [0.5, 0.6) is 0 Å². The summed E-state index contributed by atoms with van der Waals surface area (Å²) < 4.78 is 13.8. The van der Waals surface area contributed by atoms with Gasteiger partial charge in [-0.25, -0.2) is 4.39 Å². The Labute approximate surface area is 112 Å². The lowest BCUT2D eigenvalue weighted by molar-refractivity contribution is 0.385. The van der Waals surface area contributed by atoms with Gasteiger partial charge in [0.15, 0.2) is 0 Å². The van der Waals surface area contributed by atoms with E-state index in [0.717, 1.165) is 23.9 Å². The van der Waals surface area contributed by atoms with Gasteiger partial charge in [0.1, 0.15) is 5.82 Å². The van der Waals surface area contributed by atoms with Crippen molar-refractivity contribution in [2.75, 3.05) is 6.54 Å². The number of nitrogens with one attached hydrogen (secondary N) is 1. The molecule has 0 saturated carbocycles. The first-order valence-corrected chi connectivity index (χ1v) is 7.01. The Kier molecular flexibility index (Phi) is 6.14. The zero-order chi connectivity index (χ0) is 12.8. The van der Waals surface area contributed by atoms with E-state index in [0.29, 0.717) is 12.0 Å². The molecule has 0 fully saturated rings. The largest absolute Gasteiger partial charge is 0.314 e. The van der Waals surface area contributed by atoms with Crippen molar-refractivity contribution in [2.24, 2.45) is 5.92 Å². The molecule has 0 heterocycles. The third-order valence-corrected chi connectivity index (χ3v) is 3.75. The molecule has 0 spiro atoms. The average molecular weight is 302 g/mol. The summed E-state index contributed by atoms with van der Waals surface area (Å²) in [6.45, 7) is 7.58. The topological polar surface area (TPSA) is 12.0 Å². The molecular formula is C14H21BrFN. The molecule has 1 rings (SSSR count). The molecule has 1 atom stereocenters. The molecule has 0 bridgehead atoms. The second-order valence-electron chi connectivity index (χ2n) is 4.68. The summed E-state index contributed by atoms with van der Waals surface area (Å²) in [5.74, 6) is 0.432. The molecule has 96 valence electrons. The maximum Gasteiger partial charge on any atom is 0.124 e. The summed E-state index contributed by atoms with van der Waals surface area (Å²) in [6.07, 6.45) is 2.05. The van der Waals surface area contributed by atoms with E-state index in [9.17, 15) is 4.39 Å². The van der Waals surface area contributed by atoms with Gasteiger partial charge in [0.2, 0.25) is 0 Å². The predicted octanol–water partition coefficient (Wildman–Crippen LogP) is 4.15. The first-order chi connectivity index (χ1) is 8.04. The Balaban J connectivity index is 2.59. The maximum atomic E-state index is 13.0. The summed E-state index contributed by atoms with van der Waals surface area (Å²) in [7, 11) is 0. The van der Waals surface area contributed by atoms with Gasteiger partial charge in [-0.15, -0.1) is 0 Å². The van der Waals surface area contributed by atoms with E-state index >= 15 is 0 Å². The van der Waals surface area contributed by atoms with Gasteiger partial charge in [0.25, 0.3) is 0 Å². The minimum absolute atomic E-state index is 0.187. The minimum Gasteiger partial charge on any atom is -0.314 e. The van der Waals surface area contributed by atoms with Gasteiger partial charge < -0.3 is 5.32 Å². The Morgan fingerprint density at radius 3 is 2.59 bits per heavy atom. The molecule has 0 radical (unpaired) electrons. The van der Waals surface area contributed by atoms with E-state index in [1.807, 2.05) is 6.07 Å². The highest BCUT2D eigenvalue weighted by Gasteiger charge is 2.12. The van der Waals surface area contributed by atoms with Crippen molar-refractivity contribution in [3.63, 3.8) is 0 Å². The van der Waals surface area contributed by atoms with Crippen LogP contribution in [0.3, 0.4) is 0 Å². The van der Waals surface area contributed by atoms with E-state index in [-0.39, 0.29) is 5.82 Å². The van der Waals surface area contributed by atoms with Crippen LogP contribution in [-0.4, -0.2) is 12.6 Å². The molecule has 1 aromatic rings. The Hall–Kier alpha value is -0.410. The molecule has 0 aliphatic heterocycles. The summed E-state index contributed by atoms with van der Waals surface area (Å²) in [6, 6.07) is 5.45. The van der Waals surface area contributed by atoms with Gasteiger partial charge >= 0.3 is 0 Å². The highest BCUT2D eigenvalue weighted by Crippen LogP contribution is 2.21. The Morgan fingerprint density at radius 2 is 2.06 bits per heavy atom. The predicted molar refractivity (Wildman–Crippen MR) is 74.7 cm³/mol. The van der Waals surface area contributed by atoms with Crippen LogP contribution in [0.1, 0.15) is 32.8 Å². The Bertz CT molecular complexity index is 352. The second-order valence-corrected chi connectivity index (χ2v) is 5.54. The number of hydrogen-bond donors (Lipinski definition) is 1. The molecule has 1 unspecified atom stereocenters. The van der Waals surface area contributed by atoms with Crippen molar-refractivity contribution in [1.82, 2.24) is 5.32 Å². The van der Waals surface area contributed by atoms with Crippen LogP contribution >= 0.6 is 15.9 Å². The highest BCUT2D eigenvalue weighted by atomic mass is 79.9. The van der Waals surface area contributed by atoms with Gasteiger partial charge in [0.05, 0.1) is 0 Å². The summed E-state index contributed by atoms with van der Waals surface area (Å²) in [4.78, 5) is 0. The van der Waals surface area contributed by atoms with Crippen LogP contribution in [0.4, 0.5) is 4.39 Å². The minimum atomic E-state index is -0.187. The maximum absolute atomic E-state index is 13.0. The van der Waals surface area contributed by atoms with Crippen LogP contribution in [0.2, 0.25) is 0 Å². The first-order valence-electron chi connectivity index (χ1n) is 6.22. The first kappa shape index (κ1) is 14.7. The fourth-order valence-corrected chi connectivity index (χ4v) is 2.52. The van der Waals surface area contributed by atoms with Crippen molar-refractivity contribution >= 4 is 15.9 Å². The number of hydrogen-bond acceptors (Lipinski definition) is 1. The SMILES string of the molecule is CCNC(CCc1ccc(F)cc1Br)C(C)C. The van der Waals surface area contributed by atoms with Crippen LogP contribution in [0.15, 0.2) is 22.7 Å². The van der Waals surface area contributed by atoms with E-state index in [1.165, 1.54) is 17.7 Å². The molecule has 0 aromatic heterocycles. The number of rotatable bonds is 6. The molecule has 0 aliphatic rings. The van der Waals surface area contributed by atoms with E-state index in [2.05, 4.69) is 42.0 Å². The zero-order valence-electron chi connectivity index (χ0n) is 10.8. The molecule has 3 heteroatoms. The lowest BCUT2D eigenvalue weighted by Crippen LogP contribution is -2.34. The monoisotopic (exact) mass is 301 g/mol. The van der Waals surface area contributed by atoms with E-state index in [1.54, 1.807) is 0 Å². The standard InChI is InChI=1S/C14H21BrFN/c1-4-17-14(10(2)3)8-6-11-5-7-12(16)9-13(11)15/h5,7,9-10,14,17H,4,6,8H2,1-3H3. The number of halogens is 2. The second kappa shape index (κ2) is 7.12. The average Bonchev–Trinajstić information content (AvgIpc) is 2.25. The quantitative estimate of drug-likeness (QED) is 0.832. The molecule has 0 aliphatic carbocycles. The number of aryl methyl sites for hydroxylation is 1. The third-order valence-electron chi connectivity index (χ3n) is 3.01. The molecule has 1 nitrogen and oxygen atoms in total. The summed E-state index contributed by atoms with van der Waals surface area (Å²) >= 11 is 3.41. The van der Waals surface area contributed by atoms with Crippen molar-refractivity contribution in [2.45, 2.75) is 39.7 Å². The summed E-state index contributed by atoms with van der Waals surface area (Å²) in [5, 5.41) is 3.49. The van der Waals surface area contributed by atoms with Crippen molar-refractivity contribution < 1.29 is 4.39 Å². The van der Waals surface area contributed by atoms with Gasteiger partial charge in [-0.3, -0.25) is 0 Å². The van der Waals surface area contributed by atoms with Gasteiger partial charge in [-0.1, -0.05) is 42.8 Å². The van der Waals surface area contributed by atoms with E-state index in [4.69, 9.17) is 0 Å². The third kappa shape index (κ3) is 4.76. The zero-order valence-corrected chi connectivity index (χ0v) is 12.3. The van der Waals surface area contributed by atoms with Gasteiger partial charge in [-0.2, -0.15) is 0 Å². The van der Waals surface area contributed by atoms with Crippen LogP contribution in [0, 0.1) is 11.7 Å². The van der Waals surface area contributed by atoms with Crippen LogP contribution in [-0.2, 0) is 6.42 Å². The summed E-state index contributed by atoms with van der Waals surface area (Å²) in [5.41, 5.74) is 1.18. The van der Waals surface area contributed by atoms with Crippen LogP contribution < -0.4 is 5.32 Å². The molecule has 1 N–H and O–H groups in total. The fraction of sp³-hybridized carbons (Fsp3) is 0.571. The van der Waals surface area contributed by atoms with Crippen LogP contribution in [0.25, 0.3) is 0 Å². The highest BCUT2D eigenvalue weighted by molar-refractivity contribution is 9.10. The van der Waals surface area contributed by atoms with Crippen molar-refractivity contribution in [3.05, 3.63) is 34.1 Å². The molecule has 1 aromatic carbocycles. The smallest absolute Gasteiger partial charge is 0.124 e. The molecule has 0 saturated heterocycles. The lowest BCUT2D eigenvalue weighted by atomic mass is 9.96. The lowest BCUT2D eigenvalue weighted by Gasteiger charge is -2.21. The molecule has 0 amide bonds. The molecule has 17 heavy (non-hydrogen) atoms. The number of benzene rings is 1. The van der Waals surface area contributed by atoms with Gasteiger partial charge in [0, 0.05) is 10.5 Å².